The van der Waals surface area contributed by atoms with Gasteiger partial charge in [-0.2, -0.15) is 0 Å². The van der Waals surface area contributed by atoms with E-state index in [0.29, 0.717) is 6.04 Å². The van der Waals surface area contributed by atoms with Gasteiger partial charge in [0.2, 0.25) is 0 Å². The molecule has 2 heteroatoms. The minimum Gasteiger partial charge on any atom is -0.491 e. The Kier molecular flexibility index (Phi) is 2.23. The first-order valence-electron chi connectivity index (χ1n) is 4.76. The zero-order valence-corrected chi connectivity index (χ0v) is 8.08. The fraction of sp³-hybridized carbons (Fsp3) is 0.455. The number of nitrogens with one attached hydrogen (secondary N) is 1. The van der Waals surface area contributed by atoms with E-state index in [2.05, 4.69) is 17.4 Å². The number of hydrogen-bond acceptors (Lipinski definition) is 2. The third-order valence-electron chi connectivity index (χ3n) is 2.06. The summed E-state index contributed by atoms with van der Waals surface area (Å²) in [5, 5.41) is 3.27. The summed E-state index contributed by atoms with van der Waals surface area (Å²) >= 11 is 0. The molecule has 70 valence electrons. The second-order valence-corrected chi connectivity index (χ2v) is 3.70. The average Bonchev–Trinajstić information content (AvgIpc) is 2.87. The maximum Gasteiger partial charge on any atom is 0.119 e. The maximum absolute atomic E-state index is 5.55. The van der Waals surface area contributed by atoms with Crippen molar-refractivity contribution >= 4 is 0 Å². The Labute approximate surface area is 78.9 Å². The highest BCUT2D eigenvalue weighted by Gasteiger charge is 2.21. The number of ether oxygens (including phenoxy) is 1. The molecule has 0 amide bonds. The molecular formula is C11H15NO. The second-order valence-electron chi connectivity index (χ2n) is 3.70. The normalized spacial score (nSPS) is 20.4. The van der Waals surface area contributed by atoms with Crippen LogP contribution in [-0.2, 0) is 0 Å². The molecule has 1 atom stereocenters. The van der Waals surface area contributed by atoms with Gasteiger partial charge in [-0.3, -0.25) is 0 Å². The van der Waals surface area contributed by atoms with Gasteiger partial charge in [-0.15, -0.1) is 0 Å². The van der Waals surface area contributed by atoms with Crippen LogP contribution in [0.5, 0.6) is 5.75 Å². The molecule has 0 bridgehead atoms. The van der Waals surface area contributed by atoms with Crippen molar-refractivity contribution in [1.29, 1.82) is 0 Å². The van der Waals surface area contributed by atoms with Gasteiger partial charge < -0.3 is 10.1 Å². The lowest BCUT2D eigenvalue weighted by molar-refractivity contribution is 0.242. The summed E-state index contributed by atoms with van der Waals surface area (Å²) in [5.74, 6) is 0.958. The first kappa shape index (κ1) is 8.57. The van der Waals surface area contributed by atoms with Crippen LogP contribution >= 0.6 is 0 Å². The van der Waals surface area contributed by atoms with E-state index in [9.17, 15) is 0 Å². The largest absolute Gasteiger partial charge is 0.491 e. The molecule has 1 heterocycles. The van der Waals surface area contributed by atoms with Gasteiger partial charge in [-0.05, 0) is 31.5 Å². The molecule has 1 aliphatic rings. The van der Waals surface area contributed by atoms with Crippen molar-refractivity contribution in [1.82, 2.24) is 5.32 Å². The van der Waals surface area contributed by atoms with E-state index in [1.807, 2.05) is 26.0 Å². The highest BCUT2D eigenvalue weighted by molar-refractivity contribution is 5.31. The zero-order chi connectivity index (χ0) is 9.26. The predicted octanol–water partition coefficient (Wildman–Crippen LogP) is 2.12. The third kappa shape index (κ3) is 2.22. The second kappa shape index (κ2) is 3.38. The van der Waals surface area contributed by atoms with Gasteiger partial charge in [0.15, 0.2) is 0 Å². The number of rotatable bonds is 3. The Morgan fingerprint density at radius 3 is 2.38 bits per heavy atom. The Hall–Kier alpha value is -1.02. The molecule has 1 saturated heterocycles. The Morgan fingerprint density at radius 1 is 1.31 bits per heavy atom. The lowest BCUT2D eigenvalue weighted by Gasteiger charge is -2.09. The van der Waals surface area contributed by atoms with Crippen molar-refractivity contribution in [3.05, 3.63) is 29.8 Å². The van der Waals surface area contributed by atoms with Crippen molar-refractivity contribution in [3.8, 4) is 5.75 Å². The van der Waals surface area contributed by atoms with Crippen molar-refractivity contribution in [2.24, 2.45) is 0 Å². The van der Waals surface area contributed by atoms with E-state index in [1.165, 1.54) is 5.56 Å². The van der Waals surface area contributed by atoms with Crippen molar-refractivity contribution in [2.75, 3.05) is 6.54 Å². The molecule has 1 unspecified atom stereocenters. The van der Waals surface area contributed by atoms with Gasteiger partial charge in [0.25, 0.3) is 0 Å². The van der Waals surface area contributed by atoms with Crippen LogP contribution in [0.3, 0.4) is 0 Å². The summed E-state index contributed by atoms with van der Waals surface area (Å²) in [6.07, 6.45) is 0.255. The van der Waals surface area contributed by atoms with E-state index in [-0.39, 0.29) is 6.10 Å². The summed E-state index contributed by atoms with van der Waals surface area (Å²) in [6, 6.07) is 8.92. The van der Waals surface area contributed by atoms with Gasteiger partial charge in [0.05, 0.1) is 6.10 Å². The number of benzene rings is 1. The fourth-order valence-electron chi connectivity index (χ4n) is 1.35. The SMILES string of the molecule is CC(C)Oc1ccc(C2CN2)cc1. The highest BCUT2D eigenvalue weighted by atomic mass is 16.5. The van der Waals surface area contributed by atoms with Crippen LogP contribution in [-0.4, -0.2) is 12.6 Å². The lowest BCUT2D eigenvalue weighted by atomic mass is 10.1. The summed E-state index contributed by atoms with van der Waals surface area (Å²) in [6.45, 7) is 5.19. The molecule has 0 aromatic heterocycles. The summed E-state index contributed by atoms with van der Waals surface area (Å²) in [4.78, 5) is 0. The number of hydrogen-bond donors (Lipinski definition) is 1. The van der Waals surface area contributed by atoms with Gasteiger partial charge in [-0.25, -0.2) is 0 Å². The molecule has 2 nitrogen and oxygen atoms in total. The molecule has 2 rings (SSSR count). The quantitative estimate of drug-likeness (QED) is 0.717. The van der Waals surface area contributed by atoms with Crippen LogP contribution in [0, 0.1) is 0 Å². The topological polar surface area (TPSA) is 31.2 Å². The van der Waals surface area contributed by atoms with Crippen LogP contribution < -0.4 is 10.1 Å². The first-order valence-corrected chi connectivity index (χ1v) is 4.76. The standard InChI is InChI=1S/C11H15NO/c1-8(2)13-10-5-3-9(4-6-10)11-7-12-11/h3-6,8,11-12H,7H2,1-2H3. The highest BCUT2D eigenvalue weighted by Crippen LogP contribution is 2.23. The molecule has 0 aliphatic carbocycles. The van der Waals surface area contributed by atoms with Crippen LogP contribution in [0.4, 0.5) is 0 Å². The lowest BCUT2D eigenvalue weighted by Crippen LogP contribution is -2.05. The molecule has 1 aromatic carbocycles. The van der Waals surface area contributed by atoms with Crippen molar-refractivity contribution < 1.29 is 4.74 Å². The Balaban J connectivity index is 2.04. The molecule has 13 heavy (non-hydrogen) atoms. The van der Waals surface area contributed by atoms with Crippen LogP contribution in [0.25, 0.3) is 0 Å². The molecule has 1 fully saturated rings. The zero-order valence-electron chi connectivity index (χ0n) is 8.08. The van der Waals surface area contributed by atoms with E-state index < -0.39 is 0 Å². The molecule has 0 saturated carbocycles. The summed E-state index contributed by atoms with van der Waals surface area (Å²) in [5.41, 5.74) is 1.36. The van der Waals surface area contributed by atoms with E-state index in [4.69, 9.17) is 4.74 Å². The summed E-state index contributed by atoms with van der Waals surface area (Å²) < 4.78 is 5.55. The monoisotopic (exact) mass is 177 g/mol. The van der Waals surface area contributed by atoms with Crippen LogP contribution in [0.1, 0.15) is 25.5 Å². The van der Waals surface area contributed by atoms with Gasteiger partial charge in [0, 0.05) is 12.6 Å². The Morgan fingerprint density at radius 2 is 1.92 bits per heavy atom. The molecule has 0 radical (unpaired) electrons. The average molecular weight is 177 g/mol. The Bertz CT molecular complexity index is 275. The third-order valence-corrected chi connectivity index (χ3v) is 2.06. The summed E-state index contributed by atoms with van der Waals surface area (Å²) in [7, 11) is 0. The van der Waals surface area contributed by atoms with E-state index >= 15 is 0 Å². The maximum atomic E-state index is 5.55. The van der Waals surface area contributed by atoms with Crippen molar-refractivity contribution in [2.45, 2.75) is 26.0 Å². The minimum atomic E-state index is 0.255. The molecular weight excluding hydrogens is 162 g/mol. The van der Waals surface area contributed by atoms with Gasteiger partial charge in [-0.1, -0.05) is 12.1 Å². The van der Waals surface area contributed by atoms with Gasteiger partial charge >= 0.3 is 0 Å². The predicted molar refractivity (Wildman–Crippen MR) is 52.9 cm³/mol. The van der Waals surface area contributed by atoms with E-state index in [0.717, 1.165) is 12.3 Å². The molecule has 0 spiro atoms. The first-order chi connectivity index (χ1) is 6.25. The van der Waals surface area contributed by atoms with Crippen LogP contribution in [0.15, 0.2) is 24.3 Å². The fourth-order valence-corrected chi connectivity index (χ4v) is 1.35. The van der Waals surface area contributed by atoms with Crippen LogP contribution in [0.2, 0.25) is 0 Å². The van der Waals surface area contributed by atoms with Crippen molar-refractivity contribution in [3.63, 3.8) is 0 Å². The molecule has 1 aromatic rings. The minimum absolute atomic E-state index is 0.255. The smallest absolute Gasteiger partial charge is 0.119 e. The van der Waals surface area contributed by atoms with Gasteiger partial charge in [0.1, 0.15) is 5.75 Å². The molecule has 1 aliphatic heterocycles. The van der Waals surface area contributed by atoms with E-state index in [1.54, 1.807) is 0 Å². The molecule has 1 N–H and O–H groups in total.